The topological polar surface area (TPSA) is 112 Å². The van der Waals surface area contributed by atoms with E-state index in [9.17, 15) is 31.6 Å². The van der Waals surface area contributed by atoms with Gasteiger partial charge in [0.05, 0.1) is 46.9 Å². The van der Waals surface area contributed by atoms with E-state index in [1.807, 2.05) is 11.0 Å². The Morgan fingerprint density at radius 3 is 2.42 bits per heavy atom. The second-order valence-electron chi connectivity index (χ2n) is 9.26. The standard InChI is InChI=1S/C28H27F3N4O4S/c1-2-40(37,38)24-10-3-19(4-11-24)25(13-15-32)34-27(36)20-5-12-26(33-17-20)35-16-14-23(18-35)39-22-8-6-21(7-9-22)28(29,30)31/h3-12,17,23,25H,2,13-14,16,18H2,1H3,(H,34,36)/t23?,25-/m0/s1. The van der Waals surface area contributed by atoms with E-state index >= 15 is 0 Å². The average Bonchev–Trinajstić information content (AvgIpc) is 3.41. The highest BCUT2D eigenvalue weighted by atomic mass is 32.2. The van der Waals surface area contributed by atoms with Gasteiger partial charge in [-0.25, -0.2) is 13.4 Å². The largest absolute Gasteiger partial charge is 0.489 e. The maximum absolute atomic E-state index is 12.9. The van der Waals surface area contributed by atoms with Crippen LogP contribution in [0.4, 0.5) is 19.0 Å². The summed E-state index contributed by atoms with van der Waals surface area (Å²) < 4.78 is 68.3. The Morgan fingerprint density at radius 1 is 1.15 bits per heavy atom. The van der Waals surface area contributed by atoms with Crippen molar-refractivity contribution in [2.75, 3.05) is 23.7 Å². The molecule has 1 fully saturated rings. The van der Waals surface area contributed by atoms with Gasteiger partial charge >= 0.3 is 6.18 Å². The van der Waals surface area contributed by atoms with E-state index in [-0.39, 0.29) is 28.7 Å². The summed E-state index contributed by atoms with van der Waals surface area (Å²) in [6, 6.07) is 15.4. The number of halogens is 3. The van der Waals surface area contributed by atoms with Crippen LogP contribution in [0.1, 0.15) is 47.3 Å². The number of rotatable bonds is 9. The molecule has 1 unspecified atom stereocenters. The first-order valence-electron chi connectivity index (χ1n) is 12.6. The number of ether oxygens (including phenoxy) is 1. The third-order valence-corrected chi connectivity index (χ3v) is 8.34. The van der Waals surface area contributed by atoms with Crippen LogP contribution in [-0.2, 0) is 16.0 Å². The number of nitrogens with zero attached hydrogens (tertiary/aromatic N) is 3. The second-order valence-corrected chi connectivity index (χ2v) is 11.5. The molecule has 1 aliphatic rings. The number of hydrogen-bond donors (Lipinski definition) is 1. The van der Waals surface area contributed by atoms with E-state index in [1.54, 1.807) is 31.2 Å². The van der Waals surface area contributed by atoms with Crippen LogP contribution < -0.4 is 15.0 Å². The molecule has 0 saturated carbocycles. The predicted molar refractivity (Wildman–Crippen MR) is 142 cm³/mol. The second kappa shape index (κ2) is 12.0. The Kier molecular flexibility index (Phi) is 8.64. The lowest BCUT2D eigenvalue weighted by atomic mass is 10.0. The highest BCUT2D eigenvalue weighted by Crippen LogP contribution is 2.31. The quantitative estimate of drug-likeness (QED) is 0.387. The van der Waals surface area contributed by atoms with Crippen molar-refractivity contribution in [3.63, 3.8) is 0 Å². The Balaban J connectivity index is 1.36. The van der Waals surface area contributed by atoms with Gasteiger partial charge in [0.2, 0.25) is 0 Å². The molecular formula is C28H27F3N4O4S. The summed E-state index contributed by atoms with van der Waals surface area (Å²) in [7, 11) is -3.37. The lowest BCUT2D eigenvalue weighted by Crippen LogP contribution is -2.29. The number of nitriles is 1. The highest BCUT2D eigenvalue weighted by Gasteiger charge is 2.30. The number of carbonyl (C=O) groups is 1. The fourth-order valence-electron chi connectivity index (χ4n) is 4.31. The first kappa shape index (κ1) is 28.9. The number of amides is 1. The molecule has 1 N–H and O–H groups in total. The number of pyridine rings is 1. The molecule has 1 aliphatic heterocycles. The van der Waals surface area contributed by atoms with Gasteiger partial charge in [-0.2, -0.15) is 18.4 Å². The van der Waals surface area contributed by atoms with Crippen molar-refractivity contribution < 1.29 is 31.1 Å². The Labute approximate surface area is 230 Å². The van der Waals surface area contributed by atoms with Crippen LogP contribution in [0.15, 0.2) is 71.8 Å². The van der Waals surface area contributed by atoms with Crippen LogP contribution in [0.25, 0.3) is 0 Å². The summed E-state index contributed by atoms with van der Waals surface area (Å²) in [6.07, 6.45) is -2.56. The minimum Gasteiger partial charge on any atom is -0.489 e. The maximum atomic E-state index is 12.9. The maximum Gasteiger partial charge on any atom is 0.416 e. The minimum absolute atomic E-state index is 0.00871. The zero-order chi connectivity index (χ0) is 28.9. The van der Waals surface area contributed by atoms with Gasteiger partial charge in [0.1, 0.15) is 17.7 Å². The molecule has 40 heavy (non-hydrogen) atoms. The van der Waals surface area contributed by atoms with E-state index in [0.29, 0.717) is 36.6 Å². The number of sulfone groups is 1. The van der Waals surface area contributed by atoms with Gasteiger partial charge in [-0.05, 0) is 54.1 Å². The van der Waals surface area contributed by atoms with Crippen molar-refractivity contribution in [3.05, 3.63) is 83.6 Å². The summed E-state index contributed by atoms with van der Waals surface area (Å²) in [5, 5.41) is 12.1. The normalized spacial score (nSPS) is 16.3. The van der Waals surface area contributed by atoms with Crippen LogP contribution in [0.2, 0.25) is 0 Å². The van der Waals surface area contributed by atoms with Gasteiger partial charge in [0, 0.05) is 19.2 Å². The van der Waals surface area contributed by atoms with Gasteiger partial charge in [0.15, 0.2) is 9.84 Å². The van der Waals surface area contributed by atoms with E-state index in [1.165, 1.54) is 30.5 Å². The molecule has 0 bridgehead atoms. The van der Waals surface area contributed by atoms with Gasteiger partial charge in [-0.1, -0.05) is 19.1 Å². The summed E-state index contributed by atoms with van der Waals surface area (Å²) in [6.45, 7) is 2.66. The molecule has 0 radical (unpaired) electrons. The number of aromatic nitrogens is 1. The van der Waals surface area contributed by atoms with Crippen LogP contribution in [0.5, 0.6) is 5.75 Å². The molecule has 4 rings (SSSR count). The lowest BCUT2D eigenvalue weighted by Gasteiger charge is -2.19. The molecule has 0 aliphatic carbocycles. The van der Waals surface area contributed by atoms with Crippen molar-refractivity contribution in [3.8, 4) is 11.8 Å². The number of hydrogen-bond acceptors (Lipinski definition) is 7. The molecule has 1 saturated heterocycles. The van der Waals surface area contributed by atoms with Crippen molar-refractivity contribution in [2.24, 2.45) is 0 Å². The van der Waals surface area contributed by atoms with Crippen LogP contribution in [0.3, 0.4) is 0 Å². The fraction of sp³-hybridized carbons (Fsp3) is 0.321. The van der Waals surface area contributed by atoms with Crippen molar-refractivity contribution in [2.45, 2.75) is 43.0 Å². The summed E-state index contributed by atoms with van der Waals surface area (Å²) in [5.74, 6) is 0.511. The molecular weight excluding hydrogens is 545 g/mol. The zero-order valence-corrected chi connectivity index (χ0v) is 22.4. The predicted octanol–water partition coefficient (Wildman–Crippen LogP) is 4.94. The zero-order valence-electron chi connectivity index (χ0n) is 21.6. The fourth-order valence-corrected chi connectivity index (χ4v) is 5.20. The molecule has 12 heteroatoms. The Hall–Kier alpha value is -4.11. The number of benzene rings is 2. The van der Waals surface area contributed by atoms with Gasteiger partial charge in [0.25, 0.3) is 5.91 Å². The summed E-state index contributed by atoms with van der Waals surface area (Å²) in [5.41, 5.74) is 0.153. The molecule has 1 aromatic heterocycles. The Bertz CT molecular complexity index is 1470. The average molecular weight is 573 g/mol. The molecule has 8 nitrogen and oxygen atoms in total. The van der Waals surface area contributed by atoms with Gasteiger partial charge in [-0.3, -0.25) is 4.79 Å². The number of anilines is 1. The molecule has 3 aromatic rings. The molecule has 2 aromatic carbocycles. The SMILES string of the molecule is CCS(=O)(=O)c1ccc([C@H](CC#N)NC(=O)c2ccc(N3CCC(Oc4ccc(C(F)(F)F)cc4)C3)nc2)cc1. The number of nitrogens with one attached hydrogen (secondary N) is 1. The third kappa shape index (κ3) is 6.90. The smallest absolute Gasteiger partial charge is 0.416 e. The molecule has 1 amide bonds. The minimum atomic E-state index is -4.40. The van der Waals surface area contributed by atoms with Crippen molar-refractivity contribution >= 4 is 21.6 Å². The molecule has 210 valence electrons. The number of alkyl halides is 3. The highest BCUT2D eigenvalue weighted by molar-refractivity contribution is 7.91. The molecule has 2 heterocycles. The van der Waals surface area contributed by atoms with Crippen LogP contribution in [-0.4, -0.2) is 44.3 Å². The van der Waals surface area contributed by atoms with Crippen molar-refractivity contribution in [1.29, 1.82) is 5.26 Å². The molecule has 0 spiro atoms. The van der Waals surface area contributed by atoms with E-state index < -0.39 is 33.5 Å². The van der Waals surface area contributed by atoms with Crippen LogP contribution >= 0.6 is 0 Å². The van der Waals surface area contributed by atoms with E-state index in [0.717, 1.165) is 12.1 Å². The first-order valence-corrected chi connectivity index (χ1v) is 14.2. The summed E-state index contributed by atoms with van der Waals surface area (Å²) >= 11 is 0. The van der Waals surface area contributed by atoms with Crippen molar-refractivity contribution in [1.82, 2.24) is 10.3 Å². The van der Waals surface area contributed by atoms with Gasteiger partial charge in [-0.15, -0.1) is 0 Å². The Morgan fingerprint density at radius 2 is 1.85 bits per heavy atom. The first-order chi connectivity index (χ1) is 19.0. The lowest BCUT2D eigenvalue weighted by molar-refractivity contribution is -0.137. The summed E-state index contributed by atoms with van der Waals surface area (Å²) in [4.78, 5) is 19.4. The monoisotopic (exact) mass is 572 g/mol. The number of carbonyl (C=O) groups excluding carboxylic acids is 1. The van der Waals surface area contributed by atoms with E-state index in [4.69, 9.17) is 4.74 Å². The van der Waals surface area contributed by atoms with E-state index in [2.05, 4.69) is 10.3 Å². The molecule has 2 atom stereocenters. The third-order valence-electron chi connectivity index (χ3n) is 6.59. The van der Waals surface area contributed by atoms with Gasteiger partial charge < -0.3 is 15.0 Å². The van der Waals surface area contributed by atoms with Crippen LogP contribution in [0, 0.1) is 11.3 Å².